The van der Waals surface area contributed by atoms with Gasteiger partial charge in [-0.3, -0.25) is 9.79 Å². The van der Waals surface area contributed by atoms with Gasteiger partial charge in [0.25, 0.3) is 0 Å². The van der Waals surface area contributed by atoms with E-state index in [1.165, 1.54) is 37.4 Å². The van der Waals surface area contributed by atoms with Crippen LogP contribution in [0.5, 0.6) is 0 Å². The average molecular weight is 567 g/mol. The first kappa shape index (κ1) is 24.0. The van der Waals surface area contributed by atoms with Crippen LogP contribution in [0.2, 0.25) is 0 Å². The molecule has 0 saturated heterocycles. The van der Waals surface area contributed by atoms with E-state index in [1.54, 1.807) is 28.8 Å². The third kappa shape index (κ3) is 5.77. The molecule has 2 aromatic carbocycles. The van der Waals surface area contributed by atoms with Crippen LogP contribution in [0.15, 0.2) is 68.5 Å². The molecule has 0 aliphatic heterocycles. The Morgan fingerprint density at radius 2 is 1.62 bits per heavy atom. The van der Waals surface area contributed by atoms with Crippen LogP contribution < -0.4 is 0 Å². The first-order valence-corrected chi connectivity index (χ1v) is 11.2. The molecule has 1 heterocycles. The van der Waals surface area contributed by atoms with Crippen molar-refractivity contribution in [3.05, 3.63) is 92.1 Å². The van der Waals surface area contributed by atoms with Gasteiger partial charge in [-0.15, -0.1) is 0 Å². The van der Waals surface area contributed by atoms with E-state index in [1.807, 2.05) is 0 Å². The Labute approximate surface area is 200 Å². The summed E-state index contributed by atoms with van der Waals surface area (Å²) < 4.78 is 29.9. The molecule has 0 radical (unpaired) electrons. The first-order valence-electron chi connectivity index (χ1n) is 9.59. The van der Waals surface area contributed by atoms with E-state index in [4.69, 9.17) is 0 Å². The van der Waals surface area contributed by atoms with E-state index in [0.717, 1.165) is 17.3 Å². The van der Waals surface area contributed by atoms with Gasteiger partial charge in [0.2, 0.25) is 5.78 Å². The highest BCUT2D eigenvalue weighted by molar-refractivity contribution is 9.13. The van der Waals surface area contributed by atoms with Crippen molar-refractivity contribution in [1.82, 2.24) is 9.55 Å². The number of imidazole rings is 1. The third-order valence-corrected chi connectivity index (χ3v) is 6.74. The van der Waals surface area contributed by atoms with Gasteiger partial charge in [-0.25, -0.2) is 13.8 Å². The number of carbonyl (C=O) groups excluding carboxylic acids is 1. The predicted molar refractivity (Wildman–Crippen MR) is 127 cm³/mol. The zero-order valence-corrected chi connectivity index (χ0v) is 20.1. The number of rotatable bonds is 8. The molecule has 9 heteroatoms. The molecule has 166 valence electrons. The zero-order chi connectivity index (χ0) is 23.3. The number of allylic oxidation sites excluding steroid dienone is 1. The van der Waals surface area contributed by atoms with Crippen molar-refractivity contribution in [3.8, 4) is 0 Å². The van der Waals surface area contributed by atoms with Gasteiger partial charge < -0.3 is 9.67 Å². The molecule has 0 amide bonds. The number of Topliss-reactive ketones (excluding diaryl/α,β-unsaturated/α-hetero) is 1. The molecule has 3 rings (SSSR count). The van der Waals surface area contributed by atoms with Crippen LogP contribution >= 0.6 is 31.9 Å². The lowest BCUT2D eigenvalue weighted by Gasteiger charge is -2.19. The summed E-state index contributed by atoms with van der Waals surface area (Å²) in [5.41, 5.74) is 1.75. The molecule has 0 aliphatic carbocycles. The van der Waals surface area contributed by atoms with Crippen molar-refractivity contribution in [1.29, 1.82) is 0 Å². The number of aliphatic hydroxyl groups excluding tert-OH is 1. The van der Waals surface area contributed by atoms with Crippen LogP contribution in [0.3, 0.4) is 0 Å². The Morgan fingerprint density at radius 1 is 1.09 bits per heavy atom. The number of benzene rings is 2. The van der Waals surface area contributed by atoms with E-state index in [9.17, 15) is 18.7 Å². The predicted octanol–water partition coefficient (Wildman–Crippen LogP) is 6.08. The summed E-state index contributed by atoms with van der Waals surface area (Å²) >= 11 is 6.83. The van der Waals surface area contributed by atoms with Gasteiger partial charge in [-0.2, -0.15) is 0 Å². The number of aliphatic imine (C=N–C) groups is 1. The maximum Gasteiger partial charge on any atom is 0.237 e. The number of carbonyl (C=O) groups is 1. The zero-order valence-electron chi connectivity index (χ0n) is 17.0. The molecular weight excluding hydrogens is 548 g/mol. The maximum atomic E-state index is 13.5. The van der Waals surface area contributed by atoms with Gasteiger partial charge in [0.15, 0.2) is 5.76 Å². The lowest BCUT2D eigenvalue weighted by Crippen LogP contribution is -2.10. The quantitative estimate of drug-likeness (QED) is 0.204. The van der Waals surface area contributed by atoms with Crippen LogP contribution in [0.1, 0.15) is 29.3 Å². The second kappa shape index (κ2) is 10.8. The number of halogens is 4. The second-order valence-corrected chi connectivity index (χ2v) is 8.43. The SMILES string of the molecule is C/N=C\C(=O)/C(O)=C/c1nc(Br)c(Br)n1CCC(c1ccc(F)cc1)c1ccc(F)cc1. The molecule has 1 N–H and O–H groups in total. The van der Waals surface area contributed by atoms with E-state index in [0.29, 0.717) is 28.0 Å². The number of ketones is 1. The first-order chi connectivity index (χ1) is 15.3. The molecule has 5 nitrogen and oxygen atoms in total. The standard InChI is InChI=1S/C23H19Br2F2N3O2/c1-28-13-20(32)19(31)12-21-29-22(24)23(25)30(21)11-10-18(14-2-6-16(26)7-3-14)15-4-8-17(27)9-5-15/h2-9,12-13,18,31H,10-11H2,1H3/b19-12-,28-13-. The molecular formula is C23H19Br2F2N3O2. The maximum absolute atomic E-state index is 13.5. The minimum absolute atomic E-state index is 0.149. The molecule has 0 aliphatic rings. The van der Waals surface area contributed by atoms with Gasteiger partial charge in [0.1, 0.15) is 26.7 Å². The molecule has 0 bridgehead atoms. The van der Waals surface area contributed by atoms with Crippen molar-refractivity contribution in [2.75, 3.05) is 7.05 Å². The Balaban J connectivity index is 1.94. The van der Waals surface area contributed by atoms with Gasteiger partial charge in [-0.1, -0.05) is 24.3 Å². The summed E-state index contributed by atoms with van der Waals surface area (Å²) in [6.07, 6.45) is 2.84. The van der Waals surface area contributed by atoms with E-state index in [2.05, 4.69) is 41.8 Å². The number of aliphatic hydroxyl groups is 1. The van der Waals surface area contributed by atoms with Crippen molar-refractivity contribution in [2.24, 2.45) is 4.99 Å². The summed E-state index contributed by atoms with van der Waals surface area (Å²) in [7, 11) is 1.43. The van der Waals surface area contributed by atoms with E-state index in [-0.39, 0.29) is 17.6 Å². The largest absolute Gasteiger partial charge is 0.504 e. The summed E-state index contributed by atoms with van der Waals surface area (Å²) in [5.74, 6) is -1.59. The third-order valence-electron chi connectivity index (χ3n) is 4.85. The fourth-order valence-corrected chi connectivity index (χ4v) is 4.14. The van der Waals surface area contributed by atoms with Crippen molar-refractivity contribution in [3.63, 3.8) is 0 Å². The summed E-state index contributed by atoms with van der Waals surface area (Å²) in [5, 5.41) is 10.1. The minimum Gasteiger partial charge on any atom is -0.504 e. The minimum atomic E-state index is -0.634. The second-order valence-electron chi connectivity index (χ2n) is 6.93. The molecule has 0 saturated carbocycles. The topological polar surface area (TPSA) is 67.5 Å². The van der Waals surface area contributed by atoms with Gasteiger partial charge >= 0.3 is 0 Å². The van der Waals surface area contributed by atoms with Crippen molar-refractivity contribution >= 4 is 49.9 Å². The number of aromatic nitrogens is 2. The van der Waals surface area contributed by atoms with Crippen LogP contribution in [0.4, 0.5) is 8.78 Å². The molecule has 0 atom stereocenters. The van der Waals surface area contributed by atoms with Crippen LogP contribution in [0.25, 0.3) is 6.08 Å². The number of hydrogen-bond donors (Lipinski definition) is 1. The highest BCUT2D eigenvalue weighted by atomic mass is 79.9. The van der Waals surface area contributed by atoms with Crippen molar-refractivity contribution < 1.29 is 18.7 Å². The Bertz CT molecular complexity index is 1110. The molecule has 0 fully saturated rings. The Morgan fingerprint density at radius 3 is 2.12 bits per heavy atom. The average Bonchev–Trinajstić information content (AvgIpc) is 3.03. The fourth-order valence-electron chi connectivity index (χ4n) is 3.29. The van der Waals surface area contributed by atoms with Crippen LogP contribution in [0, 0.1) is 11.6 Å². The Hall–Kier alpha value is -2.65. The van der Waals surface area contributed by atoms with Crippen LogP contribution in [-0.2, 0) is 11.3 Å². The number of hydrogen-bond acceptors (Lipinski definition) is 4. The number of nitrogens with zero attached hydrogens (tertiary/aromatic N) is 3. The van der Waals surface area contributed by atoms with Crippen LogP contribution in [-0.4, -0.2) is 33.7 Å². The van der Waals surface area contributed by atoms with E-state index >= 15 is 0 Å². The molecule has 32 heavy (non-hydrogen) atoms. The molecule has 3 aromatic rings. The lowest BCUT2D eigenvalue weighted by atomic mass is 9.88. The smallest absolute Gasteiger partial charge is 0.237 e. The molecule has 1 aromatic heterocycles. The molecule has 0 spiro atoms. The monoisotopic (exact) mass is 565 g/mol. The van der Waals surface area contributed by atoms with Gasteiger partial charge in [0.05, 0.1) is 6.21 Å². The molecule has 0 unspecified atom stereocenters. The van der Waals surface area contributed by atoms with Crippen molar-refractivity contribution in [2.45, 2.75) is 18.9 Å². The Kier molecular flexibility index (Phi) is 8.09. The summed E-state index contributed by atoms with van der Waals surface area (Å²) in [4.78, 5) is 19.8. The summed E-state index contributed by atoms with van der Waals surface area (Å²) in [6, 6.07) is 12.4. The van der Waals surface area contributed by atoms with Gasteiger partial charge in [-0.05, 0) is 73.7 Å². The lowest BCUT2D eigenvalue weighted by molar-refractivity contribution is -0.111. The normalized spacial score (nSPS) is 12.1. The van der Waals surface area contributed by atoms with Gasteiger partial charge in [0, 0.05) is 25.6 Å². The highest BCUT2D eigenvalue weighted by Gasteiger charge is 2.19. The van der Waals surface area contributed by atoms with E-state index < -0.39 is 11.5 Å². The fraction of sp³-hybridized carbons (Fsp3) is 0.174. The highest BCUT2D eigenvalue weighted by Crippen LogP contribution is 2.32. The summed E-state index contributed by atoms with van der Waals surface area (Å²) in [6.45, 7) is 0.438.